The van der Waals surface area contributed by atoms with Gasteiger partial charge < -0.3 is 29.9 Å². The minimum Gasteiger partial charge on any atom is -0.394 e. The van der Waals surface area contributed by atoms with Crippen molar-refractivity contribution in [2.45, 2.75) is 36.6 Å². The lowest BCUT2D eigenvalue weighted by molar-refractivity contribution is -0.366. The summed E-state index contributed by atoms with van der Waals surface area (Å²) in [6.07, 6.45) is -5.62. The van der Waals surface area contributed by atoms with Gasteiger partial charge in [-0.3, -0.25) is 0 Å². The molecule has 4 rings (SSSR count). The summed E-state index contributed by atoms with van der Waals surface area (Å²) in [6.45, 7) is -0.591. The summed E-state index contributed by atoms with van der Waals surface area (Å²) in [4.78, 5) is 0.965. The zero-order valence-electron chi connectivity index (χ0n) is 16.2. The molecule has 6 nitrogen and oxygen atoms in total. The highest BCUT2D eigenvalue weighted by molar-refractivity contribution is 7.19. The Hall–Kier alpha value is -1.91. The average molecular weight is 434 g/mol. The summed E-state index contributed by atoms with van der Waals surface area (Å²) in [5.74, 6) is -2.29. The van der Waals surface area contributed by atoms with Crippen molar-refractivity contribution in [2.24, 2.45) is 0 Å². The maximum absolute atomic E-state index is 14.6. The normalized spacial score (nSPS) is 29.4. The molecule has 160 valence electrons. The number of ether oxygens (including phenoxy) is 2. The van der Waals surface area contributed by atoms with Crippen LogP contribution in [0, 0.1) is 5.82 Å². The molecule has 0 aliphatic carbocycles. The predicted octanol–water partition coefficient (Wildman–Crippen LogP) is 1.90. The van der Waals surface area contributed by atoms with E-state index < -0.39 is 42.6 Å². The Morgan fingerprint density at radius 2 is 1.87 bits per heavy atom. The van der Waals surface area contributed by atoms with Crippen LogP contribution >= 0.6 is 11.3 Å². The molecule has 3 aromatic rings. The molecular formula is C22H23FO6S. The van der Waals surface area contributed by atoms with Crippen LogP contribution in [0.25, 0.3) is 10.1 Å². The van der Waals surface area contributed by atoms with Crippen LogP contribution in [0.3, 0.4) is 0 Å². The van der Waals surface area contributed by atoms with Crippen LogP contribution in [0.5, 0.6) is 0 Å². The number of rotatable bonds is 5. The molecule has 30 heavy (non-hydrogen) atoms. The third-order valence-electron chi connectivity index (χ3n) is 5.54. The highest BCUT2D eigenvalue weighted by atomic mass is 32.1. The van der Waals surface area contributed by atoms with Gasteiger partial charge in [0.25, 0.3) is 0 Å². The second-order valence-corrected chi connectivity index (χ2v) is 8.54. The van der Waals surface area contributed by atoms with Crippen molar-refractivity contribution in [1.82, 2.24) is 0 Å². The van der Waals surface area contributed by atoms with E-state index in [0.717, 1.165) is 15.0 Å². The van der Waals surface area contributed by atoms with Gasteiger partial charge in [-0.05, 0) is 35.2 Å². The van der Waals surface area contributed by atoms with Gasteiger partial charge in [-0.15, -0.1) is 11.3 Å². The fourth-order valence-corrected chi connectivity index (χ4v) is 4.99. The average Bonchev–Trinajstić information content (AvgIpc) is 3.17. The van der Waals surface area contributed by atoms with Gasteiger partial charge >= 0.3 is 0 Å². The molecule has 0 amide bonds. The molecule has 1 fully saturated rings. The minimum absolute atomic E-state index is 0.277. The summed E-state index contributed by atoms with van der Waals surface area (Å²) in [6, 6.07) is 14.1. The van der Waals surface area contributed by atoms with Crippen LogP contribution in [0.1, 0.15) is 16.0 Å². The lowest BCUT2D eigenvalue weighted by Crippen LogP contribution is -2.64. The highest BCUT2D eigenvalue weighted by Crippen LogP contribution is 2.40. The first-order valence-electron chi connectivity index (χ1n) is 9.54. The molecule has 1 aliphatic heterocycles. The Labute approximate surface area is 176 Å². The molecule has 1 saturated heterocycles. The Morgan fingerprint density at radius 1 is 1.10 bits per heavy atom. The van der Waals surface area contributed by atoms with E-state index in [1.165, 1.54) is 25.3 Å². The molecule has 8 heteroatoms. The van der Waals surface area contributed by atoms with Gasteiger partial charge in [-0.1, -0.05) is 24.3 Å². The second kappa shape index (κ2) is 8.32. The number of fused-ring (bicyclic) bond motifs is 1. The third-order valence-corrected chi connectivity index (χ3v) is 6.66. The van der Waals surface area contributed by atoms with Crippen molar-refractivity contribution < 1.29 is 34.3 Å². The summed E-state index contributed by atoms with van der Waals surface area (Å²) in [7, 11) is 1.27. The molecule has 5 atom stereocenters. The lowest BCUT2D eigenvalue weighted by Gasteiger charge is -2.47. The summed E-state index contributed by atoms with van der Waals surface area (Å²) in [5.41, 5.74) is 0.645. The number of aliphatic hydroxyl groups excluding tert-OH is 4. The number of hydrogen-bond acceptors (Lipinski definition) is 7. The predicted molar refractivity (Wildman–Crippen MR) is 110 cm³/mol. The first kappa shape index (κ1) is 21.3. The number of hydrogen-bond donors (Lipinski definition) is 4. The standard InChI is InChI=1S/C22H23FO6S/c1-28-22(21(27)20(26)19(25)17(11-24)29-22)14-6-7-16(23)13(8-14)10-15-9-12-4-2-3-5-18(12)30-15/h2-9,17,19-21,24-27H,10-11H2,1H3. The van der Waals surface area contributed by atoms with E-state index in [1.807, 2.05) is 30.3 Å². The van der Waals surface area contributed by atoms with Gasteiger partial charge in [0.15, 0.2) is 0 Å². The fraction of sp³-hybridized carbons (Fsp3) is 0.364. The number of thiophene rings is 1. The van der Waals surface area contributed by atoms with E-state index in [-0.39, 0.29) is 5.56 Å². The van der Waals surface area contributed by atoms with E-state index in [4.69, 9.17) is 9.47 Å². The maximum atomic E-state index is 14.6. The van der Waals surface area contributed by atoms with Crippen LogP contribution in [-0.2, 0) is 21.7 Å². The van der Waals surface area contributed by atoms with E-state index >= 15 is 0 Å². The van der Waals surface area contributed by atoms with Gasteiger partial charge in [-0.2, -0.15) is 0 Å². The van der Waals surface area contributed by atoms with E-state index in [2.05, 4.69) is 0 Å². The first-order valence-corrected chi connectivity index (χ1v) is 10.4. The van der Waals surface area contributed by atoms with Crippen molar-refractivity contribution in [1.29, 1.82) is 0 Å². The van der Waals surface area contributed by atoms with Crippen molar-refractivity contribution in [2.75, 3.05) is 13.7 Å². The third kappa shape index (κ3) is 3.54. The fourth-order valence-electron chi connectivity index (χ4n) is 3.91. The summed E-state index contributed by atoms with van der Waals surface area (Å²) >= 11 is 1.57. The van der Waals surface area contributed by atoms with Crippen molar-refractivity contribution in [3.05, 3.63) is 70.4 Å². The van der Waals surface area contributed by atoms with Gasteiger partial charge in [0.1, 0.15) is 30.2 Å². The lowest BCUT2D eigenvalue weighted by atomic mass is 9.87. The highest BCUT2D eigenvalue weighted by Gasteiger charge is 2.55. The SMILES string of the molecule is COC1(c2ccc(F)c(Cc3cc4ccccc4s3)c2)OC(CO)C(O)C(O)C1O. The topological polar surface area (TPSA) is 99.4 Å². The van der Waals surface area contributed by atoms with Crippen LogP contribution in [0.15, 0.2) is 48.5 Å². The van der Waals surface area contributed by atoms with Crippen LogP contribution in [0.2, 0.25) is 0 Å². The Bertz CT molecular complexity index is 1000. The van der Waals surface area contributed by atoms with Gasteiger partial charge in [0, 0.05) is 28.7 Å². The second-order valence-electron chi connectivity index (χ2n) is 7.37. The molecule has 1 aliphatic rings. The number of benzene rings is 2. The summed E-state index contributed by atoms with van der Waals surface area (Å²) in [5, 5.41) is 41.5. The molecule has 0 radical (unpaired) electrons. The van der Waals surface area contributed by atoms with Gasteiger partial charge in [0.2, 0.25) is 5.79 Å². The molecule has 4 N–H and O–H groups in total. The van der Waals surface area contributed by atoms with Crippen LogP contribution in [-0.4, -0.2) is 58.6 Å². The molecule has 0 bridgehead atoms. The molecule has 2 aromatic carbocycles. The first-order chi connectivity index (χ1) is 14.4. The monoisotopic (exact) mass is 434 g/mol. The van der Waals surface area contributed by atoms with Gasteiger partial charge in [0.05, 0.1) is 6.61 Å². The quantitative estimate of drug-likeness (QED) is 0.490. The molecule has 2 heterocycles. The van der Waals surface area contributed by atoms with Crippen LogP contribution in [0.4, 0.5) is 4.39 Å². The zero-order chi connectivity index (χ0) is 21.5. The molecular weight excluding hydrogens is 411 g/mol. The Kier molecular flexibility index (Phi) is 5.91. The number of halogens is 1. The van der Waals surface area contributed by atoms with Crippen molar-refractivity contribution >= 4 is 21.4 Å². The van der Waals surface area contributed by atoms with E-state index in [1.54, 1.807) is 11.3 Å². The van der Waals surface area contributed by atoms with Crippen molar-refractivity contribution in [3.63, 3.8) is 0 Å². The molecule has 5 unspecified atom stereocenters. The Morgan fingerprint density at radius 3 is 2.57 bits per heavy atom. The largest absolute Gasteiger partial charge is 0.394 e. The van der Waals surface area contributed by atoms with Crippen LogP contribution < -0.4 is 0 Å². The minimum atomic E-state index is -1.87. The molecule has 0 spiro atoms. The maximum Gasteiger partial charge on any atom is 0.224 e. The Balaban J connectivity index is 1.72. The smallest absolute Gasteiger partial charge is 0.224 e. The van der Waals surface area contributed by atoms with E-state index in [9.17, 15) is 24.8 Å². The van der Waals surface area contributed by atoms with Crippen molar-refractivity contribution in [3.8, 4) is 0 Å². The zero-order valence-corrected chi connectivity index (χ0v) is 17.1. The van der Waals surface area contributed by atoms with Gasteiger partial charge in [-0.25, -0.2) is 4.39 Å². The number of aliphatic hydroxyl groups is 4. The van der Waals surface area contributed by atoms with E-state index in [0.29, 0.717) is 12.0 Å². The molecule has 1 aromatic heterocycles. The number of methoxy groups -OCH3 is 1. The summed E-state index contributed by atoms with van der Waals surface area (Å²) < 4.78 is 26.9. The molecule has 0 saturated carbocycles.